The summed E-state index contributed by atoms with van der Waals surface area (Å²) in [5.74, 6) is -1.57. The summed E-state index contributed by atoms with van der Waals surface area (Å²) in [6.45, 7) is 11.2. The fourth-order valence-electron chi connectivity index (χ4n) is 8.68. The number of allylic oxidation sites excluding steroid dienone is 1. The summed E-state index contributed by atoms with van der Waals surface area (Å²) in [5, 5.41) is 3.47. The zero-order chi connectivity index (χ0) is 46.4. The Morgan fingerprint density at radius 1 is 0.846 bits per heavy atom. The van der Waals surface area contributed by atoms with Gasteiger partial charge in [-0.1, -0.05) is 61.4 Å². The second-order valence-electron chi connectivity index (χ2n) is 17.7. The molecule has 3 aliphatic rings. The summed E-state index contributed by atoms with van der Waals surface area (Å²) in [5.41, 5.74) is 3.63. The number of hydrogen-bond donors (Lipinski definition) is 3. The Kier molecular flexibility index (Phi) is 15.2. The van der Waals surface area contributed by atoms with Gasteiger partial charge in [0.15, 0.2) is 0 Å². The van der Waals surface area contributed by atoms with Crippen LogP contribution in [0.2, 0.25) is 5.02 Å². The molecule has 3 N–H and O–H groups in total. The van der Waals surface area contributed by atoms with Crippen LogP contribution >= 0.6 is 11.6 Å². The highest BCUT2D eigenvalue weighted by atomic mass is 35.5. The molecule has 350 valence electrons. The Hall–Kier alpha value is -4.65. The third kappa shape index (κ3) is 13.3. The van der Waals surface area contributed by atoms with Gasteiger partial charge < -0.3 is 15.0 Å². The number of morpholine rings is 1. The van der Waals surface area contributed by atoms with Crippen LogP contribution in [-0.4, -0.2) is 110 Å². The summed E-state index contributed by atoms with van der Waals surface area (Å²) in [7, 11) is -8.83. The van der Waals surface area contributed by atoms with E-state index in [-0.39, 0.29) is 17.4 Å². The third-order valence-electron chi connectivity index (χ3n) is 12.2. The number of ether oxygens (including phenoxy) is 1. The molecular weight excluding hydrogens is 901 g/mol. The molecule has 18 heteroatoms. The largest absolute Gasteiger partial charge is 0.418 e. The third-order valence-corrected chi connectivity index (χ3v) is 15.2. The Morgan fingerprint density at radius 2 is 1.52 bits per heavy atom. The van der Waals surface area contributed by atoms with E-state index in [2.05, 4.69) is 45.8 Å². The molecule has 2 fully saturated rings. The van der Waals surface area contributed by atoms with E-state index in [1.165, 1.54) is 28.8 Å². The van der Waals surface area contributed by atoms with Crippen molar-refractivity contribution in [3.63, 3.8) is 0 Å². The number of para-hydroxylation sites is 1. The van der Waals surface area contributed by atoms with Crippen molar-refractivity contribution < 1.29 is 39.5 Å². The van der Waals surface area contributed by atoms with Gasteiger partial charge in [-0.25, -0.2) is 21.6 Å². The van der Waals surface area contributed by atoms with E-state index in [9.17, 15) is 34.8 Å². The van der Waals surface area contributed by atoms with Crippen molar-refractivity contribution in [1.82, 2.24) is 14.5 Å². The molecule has 2 aliphatic heterocycles. The van der Waals surface area contributed by atoms with Crippen LogP contribution in [-0.2, 0) is 31.0 Å². The SMILES string of the molecule is CC1(C)CCC(c2ccc(Cl)cc2)=C(CN2CCN(c3ccc(C(=O)NS(=O)(=O)c4ccc(NC(CCN5CCOCC5)CS(=O)(=O)Nc5ccccc5)c(C(F)(F)F)c4)cc3)CC2)C1. The molecule has 0 bridgehead atoms. The van der Waals surface area contributed by atoms with Gasteiger partial charge in [-0.05, 0) is 109 Å². The topological polar surface area (TPSA) is 140 Å². The van der Waals surface area contributed by atoms with Gasteiger partial charge >= 0.3 is 6.18 Å². The van der Waals surface area contributed by atoms with E-state index < -0.39 is 60.1 Å². The molecule has 0 aromatic heterocycles. The van der Waals surface area contributed by atoms with Crippen LogP contribution in [0, 0.1) is 5.41 Å². The van der Waals surface area contributed by atoms with Crippen LogP contribution in [0.1, 0.15) is 61.0 Å². The highest BCUT2D eigenvalue weighted by Crippen LogP contribution is 2.43. The van der Waals surface area contributed by atoms with Crippen LogP contribution in [0.4, 0.5) is 30.2 Å². The van der Waals surface area contributed by atoms with Crippen molar-refractivity contribution in [3.8, 4) is 0 Å². The first-order chi connectivity index (χ1) is 30.8. The highest BCUT2D eigenvalue weighted by molar-refractivity contribution is 7.92. The Labute approximate surface area is 385 Å². The zero-order valence-electron chi connectivity index (χ0n) is 36.5. The number of nitrogens with one attached hydrogen (secondary N) is 3. The minimum atomic E-state index is -5.04. The zero-order valence-corrected chi connectivity index (χ0v) is 38.9. The van der Waals surface area contributed by atoms with Gasteiger partial charge in [-0.3, -0.25) is 19.3 Å². The normalized spacial score (nSPS) is 18.3. The molecular formula is C47H56ClF3N6O6S2. The summed E-state index contributed by atoms with van der Waals surface area (Å²) in [6.07, 6.45) is -1.73. The van der Waals surface area contributed by atoms with Crippen LogP contribution in [0.25, 0.3) is 5.57 Å². The van der Waals surface area contributed by atoms with E-state index in [1.54, 1.807) is 42.5 Å². The predicted octanol–water partition coefficient (Wildman–Crippen LogP) is 8.21. The number of carbonyl (C=O) groups is 1. The number of benzene rings is 4. The number of alkyl halides is 3. The van der Waals surface area contributed by atoms with E-state index >= 15 is 0 Å². The molecule has 4 aromatic carbocycles. The van der Waals surface area contributed by atoms with Crippen molar-refractivity contribution in [2.75, 3.05) is 86.3 Å². The lowest BCUT2D eigenvalue weighted by atomic mass is 9.73. The van der Waals surface area contributed by atoms with Crippen molar-refractivity contribution in [3.05, 3.63) is 124 Å². The van der Waals surface area contributed by atoms with Gasteiger partial charge in [-0.2, -0.15) is 13.2 Å². The molecule has 12 nitrogen and oxygen atoms in total. The van der Waals surface area contributed by atoms with Crippen LogP contribution < -0.4 is 19.7 Å². The molecule has 4 aromatic rings. The van der Waals surface area contributed by atoms with Gasteiger partial charge in [0.2, 0.25) is 10.0 Å². The first kappa shape index (κ1) is 48.3. The Balaban J connectivity index is 0.993. The molecule has 1 aliphatic carbocycles. The average Bonchev–Trinajstić information content (AvgIpc) is 3.26. The van der Waals surface area contributed by atoms with E-state index in [4.69, 9.17) is 16.3 Å². The van der Waals surface area contributed by atoms with E-state index in [0.29, 0.717) is 49.6 Å². The fourth-order valence-corrected chi connectivity index (χ4v) is 11.2. The maximum atomic E-state index is 14.6. The number of anilines is 3. The number of nitrogens with zero attached hydrogens (tertiary/aromatic N) is 3. The van der Waals surface area contributed by atoms with Gasteiger partial charge in [0.05, 0.1) is 29.4 Å². The van der Waals surface area contributed by atoms with Crippen LogP contribution in [0.5, 0.6) is 0 Å². The number of halogens is 4. The average molecular weight is 958 g/mol. The predicted molar refractivity (Wildman–Crippen MR) is 250 cm³/mol. The van der Waals surface area contributed by atoms with E-state index in [1.807, 2.05) is 21.8 Å². The molecule has 1 unspecified atom stereocenters. The minimum absolute atomic E-state index is 0.0142. The summed E-state index contributed by atoms with van der Waals surface area (Å²) < 4.78 is 107. The van der Waals surface area contributed by atoms with E-state index in [0.717, 1.165) is 69.8 Å². The molecule has 0 radical (unpaired) electrons. The second kappa shape index (κ2) is 20.5. The maximum Gasteiger partial charge on any atom is 0.418 e. The lowest BCUT2D eigenvalue weighted by Crippen LogP contribution is -2.47. The van der Waals surface area contributed by atoms with Gasteiger partial charge in [-0.15, -0.1) is 0 Å². The van der Waals surface area contributed by atoms with Crippen molar-refractivity contribution in [1.29, 1.82) is 0 Å². The fraction of sp³-hybridized carbons (Fsp3) is 0.426. The molecule has 1 atom stereocenters. The molecule has 65 heavy (non-hydrogen) atoms. The lowest BCUT2D eigenvalue weighted by molar-refractivity contribution is -0.137. The Morgan fingerprint density at radius 3 is 2.18 bits per heavy atom. The maximum absolute atomic E-state index is 14.6. The molecule has 2 saturated heterocycles. The van der Waals surface area contributed by atoms with Gasteiger partial charge in [0, 0.05) is 86.0 Å². The Bertz CT molecular complexity index is 2530. The molecule has 2 heterocycles. The number of piperazine rings is 1. The smallest absolute Gasteiger partial charge is 0.381 e. The number of rotatable bonds is 16. The molecule has 0 saturated carbocycles. The molecule has 7 rings (SSSR count). The standard InChI is InChI=1S/C47H56ClF3N6O6S2/c1-46(2)20-18-42(34-8-12-37(48)13-9-34)36(31-46)32-56-22-24-57(25-23-56)40-14-10-35(11-15-40)45(58)54-65(61,62)41-16-17-44(43(30-41)47(49,50)51)52-39(19-21-55-26-28-63-29-27-55)33-64(59,60)53-38-6-4-3-5-7-38/h3-17,30,39,52-53H,18-29,31-33H2,1-2H3,(H,54,58). The van der Waals surface area contributed by atoms with Crippen molar-refractivity contribution in [2.45, 2.75) is 56.6 Å². The quantitative estimate of drug-likeness (QED) is 0.101. The number of carbonyl (C=O) groups excluding carboxylic acids is 1. The number of sulfonamides is 2. The van der Waals surface area contributed by atoms with Crippen molar-refractivity contribution >= 4 is 60.2 Å². The molecule has 0 spiro atoms. The number of amides is 1. The summed E-state index contributed by atoms with van der Waals surface area (Å²) in [4.78, 5) is 19.2. The number of hydrogen-bond acceptors (Lipinski definition) is 10. The minimum Gasteiger partial charge on any atom is -0.381 e. The van der Waals surface area contributed by atoms with Gasteiger partial charge in [0.1, 0.15) is 0 Å². The summed E-state index contributed by atoms with van der Waals surface area (Å²) in [6, 6.07) is 24.0. The summed E-state index contributed by atoms with van der Waals surface area (Å²) >= 11 is 6.19. The van der Waals surface area contributed by atoms with Crippen LogP contribution in [0.3, 0.4) is 0 Å². The second-order valence-corrected chi connectivity index (χ2v) is 21.6. The highest BCUT2D eigenvalue weighted by Gasteiger charge is 2.37. The molecule has 1 amide bonds. The lowest BCUT2D eigenvalue weighted by Gasteiger charge is -2.39. The first-order valence-electron chi connectivity index (χ1n) is 21.8. The monoisotopic (exact) mass is 956 g/mol. The van der Waals surface area contributed by atoms with Crippen LogP contribution in [0.15, 0.2) is 108 Å². The van der Waals surface area contributed by atoms with Gasteiger partial charge in [0.25, 0.3) is 15.9 Å². The first-order valence-corrected chi connectivity index (χ1v) is 25.3. The van der Waals surface area contributed by atoms with Crippen molar-refractivity contribution in [2.24, 2.45) is 5.41 Å².